The molecule has 0 radical (unpaired) electrons. The molecule has 1 aromatic heterocycles. The van der Waals surface area contributed by atoms with Crippen LogP contribution in [0.4, 0.5) is 13.2 Å². The molecule has 12 heteroatoms. The molecule has 0 spiro atoms. The third kappa shape index (κ3) is 5.14. The van der Waals surface area contributed by atoms with Crippen LogP contribution in [0.25, 0.3) is 0 Å². The fourth-order valence-corrected chi connectivity index (χ4v) is 2.79. The van der Waals surface area contributed by atoms with Crippen molar-refractivity contribution in [2.75, 3.05) is 14.2 Å². The normalized spacial score (nSPS) is 11.2. The van der Waals surface area contributed by atoms with E-state index in [9.17, 15) is 13.6 Å². The third-order valence-corrected chi connectivity index (χ3v) is 4.58. The van der Waals surface area contributed by atoms with Crippen molar-refractivity contribution in [3.63, 3.8) is 0 Å². The van der Waals surface area contributed by atoms with E-state index in [1.54, 1.807) is 19.1 Å². The summed E-state index contributed by atoms with van der Waals surface area (Å²) < 4.78 is 58.9. The number of hydrogen-bond acceptors (Lipinski definition) is 8. The van der Waals surface area contributed by atoms with Gasteiger partial charge in [0.05, 0.1) is 12.7 Å². The van der Waals surface area contributed by atoms with Gasteiger partial charge in [0.1, 0.15) is 36.6 Å². The van der Waals surface area contributed by atoms with Gasteiger partial charge in [0.2, 0.25) is 11.5 Å². The molecule has 172 valence electrons. The molecule has 0 aliphatic heterocycles. The maximum atomic E-state index is 15.0. The van der Waals surface area contributed by atoms with Crippen LogP contribution in [0.2, 0.25) is 5.02 Å². The van der Waals surface area contributed by atoms with Gasteiger partial charge in [-0.05, 0) is 19.1 Å². The average Bonchev–Trinajstić information content (AvgIpc) is 2.77. The highest BCUT2D eigenvalue weighted by molar-refractivity contribution is 6.43. The Hall–Kier alpha value is -3.86. The van der Waals surface area contributed by atoms with Crippen LogP contribution >= 0.6 is 11.6 Å². The zero-order chi connectivity index (χ0) is 24.1. The van der Waals surface area contributed by atoms with E-state index in [4.69, 9.17) is 21.1 Å². The average molecular weight is 482 g/mol. The number of esters is 1. The summed E-state index contributed by atoms with van der Waals surface area (Å²) in [5.41, 5.74) is -0.808. The lowest BCUT2D eigenvalue weighted by Crippen LogP contribution is -2.20. The predicted molar refractivity (Wildman–Crippen MR) is 110 cm³/mol. The van der Waals surface area contributed by atoms with Gasteiger partial charge >= 0.3 is 5.97 Å². The van der Waals surface area contributed by atoms with Crippen molar-refractivity contribution in [1.29, 1.82) is 0 Å². The Morgan fingerprint density at radius 1 is 1.03 bits per heavy atom. The standard InChI is InChI=1S/C21H15ClF3N3O5/c1-10-12(22)5-4-6-14(10)32-19-17(25)20(27-9-26-19)33-15-8-11(23)7-13(24)16(15)18(28-31-3)21(29)30-2/h4-9H,1-3H3. The number of hydrogen-bond donors (Lipinski definition) is 0. The summed E-state index contributed by atoms with van der Waals surface area (Å²) in [5.74, 6) is -6.32. The molecule has 8 nitrogen and oxygen atoms in total. The molecule has 0 saturated carbocycles. The highest BCUT2D eigenvalue weighted by Crippen LogP contribution is 2.34. The Bertz CT molecular complexity index is 1240. The summed E-state index contributed by atoms with van der Waals surface area (Å²) in [6, 6.07) is 5.92. The number of ether oxygens (including phenoxy) is 3. The summed E-state index contributed by atoms with van der Waals surface area (Å²) in [5, 5.41) is 3.79. The van der Waals surface area contributed by atoms with Crippen molar-refractivity contribution in [2.45, 2.75) is 6.92 Å². The summed E-state index contributed by atoms with van der Waals surface area (Å²) in [6.45, 7) is 1.65. The first kappa shape index (κ1) is 23.8. The van der Waals surface area contributed by atoms with E-state index in [0.29, 0.717) is 22.7 Å². The second-order valence-electron chi connectivity index (χ2n) is 6.24. The topological polar surface area (TPSA) is 92.1 Å². The van der Waals surface area contributed by atoms with Crippen molar-refractivity contribution >= 4 is 23.3 Å². The van der Waals surface area contributed by atoms with Crippen molar-refractivity contribution in [1.82, 2.24) is 9.97 Å². The van der Waals surface area contributed by atoms with Crippen molar-refractivity contribution in [3.8, 4) is 23.3 Å². The molecule has 0 atom stereocenters. The van der Waals surface area contributed by atoms with Crippen LogP contribution in [0, 0.1) is 24.4 Å². The molecule has 1 heterocycles. The number of aromatic nitrogens is 2. The molecule has 3 aromatic rings. The molecule has 0 N–H and O–H groups in total. The number of benzene rings is 2. The number of methoxy groups -OCH3 is 1. The lowest BCUT2D eigenvalue weighted by atomic mass is 10.1. The van der Waals surface area contributed by atoms with Crippen LogP contribution in [0.5, 0.6) is 23.3 Å². The number of oxime groups is 1. The molecule has 33 heavy (non-hydrogen) atoms. The lowest BCUT2D eigenvalue weighted by Gasteiger charge is -2.14. The Labute approximate surface area is 190 Å². The summed E-state index contributed by atoms with van der Waals surface area (Å²) >= 11 is 6.04. The number of halogens is 4. The van der Waals surface area contributed by atoms with Gasteiger partial charge in [0, 0.05) is 22.7 Å². The number of rotatable bonds is 7. The van der Waals surface area contributed by atoms with Gasteiger partial charge in [-0.1, -0.05) is 22.8 Å². The molecule has 0 bridgehead atoms. The molecular formula is C21H15ClF3N3O5. The van der Waals surface area contributed by atoms with E-state index in [1.165, 1.54) is 6.07 Å². The number of carbonyl (C=O) groups is 1. The first-order valence-corrected chi connectivity index (χ1v) is 9.44. The van der Waals surface area contributed by atoms with Gasteiger partial charge in [-0.2, -0.15) is 14.4 Å². The second-order valence-corrected chi connectivity index (χ2v) is 6.65. The van der Waals surface area contributed by atoms with Crippen molar-refractivity contribution in [2.24, 2.45) is 5.16 Å². The fraction of sp³-hybridized carbons (Fsp3) is 0.143. The van der Waals surface area contributed by atoms with Gasteiger partial charge in [-0.3, -0.25) is 0 Å². The maximum Gasteiger partial charge on any atom is 0.361 e. The lowest BCUT2D eigenvalue weighted by molar-refractivity contribution is -0.132. The van der Waals surface area contributed by atoms with Gasteiger partial charge < -0.3 is 19.0 Å². The first-order valence-electron chi connectivity index (χ1n) is 9.07. The predicted octanol–water partition coefficient (Wildman–Crippen LogP) is 4.96. The van der Waals surface area contributed by atoms with Crippen molar-refractivity contribution < 1.29 is 37.0 Å². The van der Waals surface area contributed by atoms with Crippen LogP contribution in [0.3, 0.4) is 0 Å². The van der Waals surface area contributed by atoms with Gasteiger partial charge in [-0.25, -0.2) is 13.6 Å². The molecule has 0 unspecified atom stereocenters. The van der Waals surface area contributed by atoms with E-state index in [2.05, 4.69) is 24.7 Å². The summed E-state index contributed by atoms with van der Waals surface area (Å²) in [4.78, 5) is 23.9. The maximum absolute atomic E-state index is 15.0. The Morgan fingerprint density at radius 2 is 1.70 bits per heavy atom. The molecule has 0 amide bonds. The van der Waals surface area contributed by atoms with E-state index < -0.39 is 52.2 Å². The molecular weight excluding hydrogens is 467 g/mol. The highest BCUT2D eigenvalue weighted by atomic mass is 35.5. The molecule has 0 aliphatic rings. The molecule has 0 saturated heterocycles. The minimum atomic E-state index is -1.24. The van der Waals surface area contributed by atoms with Crippen LogP contribution in [-0.4, -0.2) is 35.9 Å². The van der Waals surface area contributed by atoms with E-state index >= 15 is 4.39 Å². The number of nitrogens with zero attached hydrogens (tertiary/aromatic N) is 3. The third-order valence-electron chi connectivity index (χ3n) is 4.17. The number of carbonyl (C=O) groups excluding carboxylic acids is 1. The molecule has 0 fully saturated rings. The van der Waals surface area contributed by atoms with E-state index in [1.807, 2.05) is 0 Å². The molecule has 0 aliphatic carbocycles. The Kier molecular flexibility index (Phi) is 7.34. The zero-order valence-electron chi connectivity index (χ0n) is 17.4. The van der Waals surface area contributed by atoms with Gasteiger partial charge in [0.15, 0.2) is 0 Å². The van der Waals surface area contributed by atoms with E-state index in [0.717, 1.165) is 20.5 Å². The highest BCUT2D eigenvalue weighted by Gasteiger charge is 2.27. The first-order chi connectivity index (χ1) is 15.8. The minimum absolute atomic E-state index is 0.212. The van der Waals surface area contributed by atoms with Crippen LogP contribution in [0.15, 0.2) is 41.8 Å². The van der Waals surface area contributed by atoms with Crippen LogP contribution in [-0.2, 0) is 14.4 Å². The van der Waals surface area contributed by atoms with Crippen molar-refractivity contribution in [3.05, 3.63) is 70.3 Å². The fourth-order valence-electron chi connectivity index (χ4n) is 2.62. The Balaban J connectivity index is 2.05. The monoisotopic (exact) mass is 481 g/mol. The summed E-state index contributed by atoms with van der Waals surface area (Å²) in [7, 11) is 2.11. The SMILES string of the molecule is CON=C(C(=O)OC)c1c(F)cc(F)cc1Oc1ncnc(Oc2cccc(Cl)c2C)c1F. The Morgan fingerprint density at radius 3 is 2.33 bits per heavy atom. The minimum Gasteiger partial charge on any atom is -0.464 e. The second kappa shape index (κ2) is 10.2. The zero-order valence-corrected chi connectivity index (χ0v) is 18.1. The largest absolute Gasteiger partial charge is 0.464 e. The van der Waals surface area contributed by atoms with Gasteiger partial charge in [0.25, 0.3) is 11.8 Å². The quantitative estimate of drug-likeness (QED) is 0.267. The molecule has 3 rings (SSSR count). The van der Waals surface area contributed by atoms with Crippen LogP contribution in [0.1, 0.15) is 11.1 Å². The van der Waals surface area contributed by atoms with Crippen LogP contribution < -0.4 is 9.47 Å². The van der Waals surface area contributed by atoms with Gasteiger partial charge in [-0.15, -0.1) is 0 Å². The molecule has 2 aromatic carbocycles. The smallest absolute Gasteiger partial charge is 0.361 e. The van der Waals surface area contributed by atoms with E-state index in [-0.39, 0.29) is 5.75 Å². The summed E-state index contributed by atoms with van der Waals surface area (Å²) in [6.07, 6.45) is 0.910.